The van der Waals surface area contributed by atoms with Gasteiger partial charge in [-0.25, -0.2) is 4.79 Å². The van der Waals surface area contributed by atoms with Crippen LogP contribution in [0, 0.1) is 0 Å². The molecule has 0 spiro atoms. The van der Waals surface area contributed by atoms with Crippen molar-refractivity contribution in [3.8, 4) is 0 Å². The van der Waals surface area contributed by atoms with E-state index in [-0.39, 0.29) is 6.03 Å². The average Bonchev–Trinajstić information content (AvgIpc) is 2.42. The van der Waals surface area contributed by atoms with Crippen molar-refractivity contribution in [1.29, 1.82) is 0 Å². The molecule has 1 aromatic carbocycles. The fraction of sp³-hybridized carbons (Fsp3) is 0.500. The van der Waals surface area contributed by atoms with Crippen molar-refractivity contribution in [1.82, 2.24) is 10.6 Å². The standard InChI is InChI=1S/C14H23N3O/c1-3-10-15-14(18)16-11-7-12-17(2)13-8-5-4-6-9-13/h4-6,8-9H,3,7,10-12H2,1-2H3,(H2,15,16,18). The van der Waals surface area contributed by atoms with Crippen molar-refractivity contribution in [2.75, 3.05) is 31.6 Å². The van der Waals surface area contributed by atoms with E-state index >= 15 is 0 Å². The third-order valence-corrected chi connectivity index (χ3v) is 2.69. The van der Waals surface area contributed by atoms with Gasteiger partial charge in [-0.05, 0) is 25.0 Å². The molecule has 2 amide bonds. The van der Waals surface area contributed by atoms with Crippen LogP contribution in [0.3, 0.4) is 0 Å². The van der Waals surface area contributed by atoms with Gasteiger partial charge in [-0.15, -0.1) is 0 Å². The summed E-state index contributed by atoms with van der Waals surface area (Å²) in [7, 11) is 2.06. The van der Waals surface area contributed by atoms with Gasteiger partial charge in [0, 0.05) is 32.4 Å². The second-order valence-corrected chi connectivity index (χ2v) is 4.29. The third kappa shape index (κ3) is 5.57. The summed E-state index contributed by atoms with van der Waals surface area (Å²) in [5.74, 6) is 0. The Morgan fingerprint density at radius 3 is 2.50 bits per heavy atom. The van der Waals surface area contributed by atoms with Crippen LogP contribution in [0.15, 0.2) is 30.3 Å². The molecule has 0 heterocycles. The molecule has 1 rings (SSSR count). The van der Waals surface area contributed by atoms with E-state index < -0.39 is 0 Å². The highest BCUT2D eigenvalue weighted by molar-refractivity contribution is 5.73. The van der Waals surface area contributed by atoms with Crippen molar-refractivity contribution in [3.05, 3.63) is 30.3 Å². The van der Waals surface area contributed by atoms with Gasteiger partial charge in [-0.2, -0.15) is 0 Å². The normalized spacial score (nSPS) is 9.89. The first kappa shape index (κ1) is 14.4. The summed E-state index contributed by atoms with van der Waals surface area (Å²) in [6.07, 6.45) is 1.90. The number of carbonyl (C=O) groups excluding carboxylic acids is 1. The van der Waals surface area contributed by atoms with Gasteiger partial charge in [-0.3, -0.25) is 0 Å². The average molecular weight is 249 g/mol. The summed E-state index contributed by atoms with van der Waals surface area (Å²) in [5, 5.41) is 5.64. The Labute approximate surface area is 109 Å². The predicted molar refractivity (Wildman–Crippen MR) is 76.0 cm³/mol. The minimum atomic E-state index is -0.0702. The molecule has 0 aliphatic carbocycles. The Bertz CT molecular complexity index is 340. The molecule has 0 aliphatic rings. The van der Waals surface area contributed by atoms with Gasteiger partial charge in [0.25, 0.3) is 0 Å². The number of benzene rings is 1. The number of anilines is 1. The first-order chi connectivity index (χ1) is 8.74. The molecule has 0 fully saturated rings. The summed E-state index contributed by atoms with van der Waals surface area (Å²) in [6, 6.07) is 10.2. The molecule has 2 N–H and O–H groups in total. The number of urea groups is 1. The summed E-state index contributed by atoms with van der Waals surface area (Å²) < 4.78 is 0. The van der Waals surface area contributed by atoms with Crippen molar-refractivity contribution in [2.24, 2.45) is 0 Å². The van der Waals surface area contributed by atoms with Gasteiger partial charge in [0.1, 0.15) is 0 Å². The number of nitrogens with zero attached hydrogens (tertiary/aromatic N) is 1. The monoisotopic (exact) mass is 249 g/mol. The molecule has 0 bridgehead atoms. The van der Waals surface area contributed by atoms with Crippen LogP contribution < -0.4 is 15.5 Å². The number of hydrogen-bond acceptors (Lipinski definition) is 2. The van der Waals surface area contributed by atoms with Gasteiger partial charge in [0.2, 0.25) is 0 Å². The van der Waals surface area contributed by atoms with E-state index in [1.807, 2.05) is 25.1 Å². The molecule has 100 valence electrons. The third-order valence-electron chi connectivity index (χ3n) is 2.69. The summed E-state index contributed by atoms with van der Waals surface area (Å²) in [6.45, 7) is 4.40. The molecule has 18 heavy (non-hydrogen) atoms. The molecule has 0 unspecified atom stereocenters. The van der Waals surface area contributed by atoms with Crippen molar-refractivity contribution < 1.29 is 4.79 Å². The highest BCUT2D eigenvalue weighted by Gasteiger charge is 2.00. The lowest BCUT2D eigenvalue weighted by Crippen LogP contribution is -2.37. The van der Waals surface area contributed by atoms with Crippen LogP contribution in [-0.2, 0) is 0 Å². The van der Waals surface area contributed by atoms with E-state index in [0.29, 0.717) is 6.54 Å². The Hall–Kier alpha value is -1.71. The predicted octanol–water partition coefficient (Wildman–Crippen LogP) is 2.22. The van der Waals surface area contributed by atoms with Crippen molar-refractivity contribution in [2.45, 2.75) is 19.8 Å². The second kappa shape index (κ2) is 8.39. The Morgan fingerprint density at radius 1 is 1.17 bits per heavy atom. The van der Waals surface area contributed by atoms with Gasteiger partial charge in [-0.1, -0.05) is 25.1 Å². The summed E-state index contributed by atoms with van der Waals surface area (Å²) >= 11 is 0. The number of carbonyl (C=O) groups is 1. The number of nitrogens with one attached hydrogen (secondary N) is 2. The van der Waals surface area contributed by atoms with Crippen LogP contribution in [0.2, 0.25) is 0 Å². The largest absolute Gasteiger partial charge is 0.375 e. The molecule has 0 saturated heterocycles. The highest BCUT2D eigenvalue weighted by atomic mass is 16.2. The minimum Gasteiger partial charge on any atom is -0.375 e. The van der Waals surface area contributed by atoms with Crippen LogP contribution in [0.25, 0.3) is 0 Å². The first-order valence-electron chi connectivity index (χ1n) is 6.52. The number of amides is 2. The zero-order valence-corrected chi connectivity index (χ0v) is 11.3. The van der Waals surface area contributed by atoms with E-state index in [9.17, 15) is 4.79 Å². The molecule has 0 saturated carbocycles. The van der Waals surface area contributed by atoms with Crippen LogP contribution in [-0.4, -0.2) is 32.7 Å². The topological polar surface area (TPSA) is 44.4 Å². The van der Waals surface area contributed by atoms with Crippen LogP contribution >= 0.6 is 0 Å². The molecule has 0 aromatic heterocycles. The van der Waals surface area contributed by atoms with E-state index in [1.54, 1.807) is 0 Å². The van der Waals surface area contributed by atoms with Gasteiger partial charge < -0.3 is 15.5 Å². The molecule has 4 heteroatoms. The minimum absolute atomic E-state index is 0.0702. The Morgan fingerprint density at radius 2 is 1.83 bits per heavy atom. The molecule has 4 nitrogen and oxygen atoms in total. The lowest BCUT2D eigenvalue weighted by atomic mass is 10.3. The van der Waals surface area contributed by atoms with E-state index in [4.69, 9.17) is 0 Å². The van der Waals surface area contributed by atoms with E-state index in [2.05, 4.69) is 34.7 Å². The lowest BCUT2D eigenvalue weighted by molar-refractivity contribution is 0.241. The molecular weight excluding hydrogens is 226 g/mol. The fourth-order valence-corrected chi connectivity index (χ4v) is 1.63. The molecule has 0 radical (unpaired) electrons. The zero-order valence-electron chi connectivity index (χ0n) is 11.3. The molecular formula is C14H23N3O. The molecule has 0 atom stereocenters. The quantitative estimate of drug-likeness (QED) is 0.728. The van der Waals surface area contributed by atoms with Crippen molar-refractivity contribution >= 4 is 11.7 Å². The maximum atomic E-state index is 11.3. The van der Waals surface area contributed by atoms with Crippen LogP contribution in [0.4, 0.5) is 10.5 Å². The molecule has 1 aromatic rings. The molecule has 0 aliphatic heterocycles. The summed E-state index contributed by atoms with van der Waals surface area (Å²) in [5.41, 5.74) is 1.20. The second-order valence-electron chi connectivity index (χ2n) is 4.29. The van der Waals surface area contributed by atoms with Gasteiger partial charge >= 0.3 is 6.03 Å². The van der Waals surface area contributed by atoms with Crippen LogP contribution in [0.5, 0.6) is 0 Å². The fourth-order valence-electron chi connectivity index (χ4n) is 1.63. The maximum Gasteiger partial charge on any atom is 0.314 e. The lowest BCUT2D eigenvalue weighted by Gasteiger charge is -2.19. The maximum absolute atomic E-state index is 11.3. The Balaban J connectivity index is 2.13. The number of para-hydroxylation sites is 1. The van der Waals surface area contributed by atoms with Crippen molar-refractivity contribution in [3.63, 3.8) is 0 Å². The smallest absolute Gasteiger partial charge is 0.314 e. The number of hydrogen-bond donors (Lipinski definition) is 2. The van der Waals surface area contributed by atoms with Crippen LogP contribution in [0.1, 0.15) is 19.8 Å². The highest BCUT2D eigenvalue weighted by Crippen LogP contribution is 2.10. The van der Waals surface area contributed by atoms with Gasteiger partial charge in [0.15, 0.2) is 0 Å². The first-order valence-corrected chi connectivity index (χ1v) is 6.52. The van der Waals surface area contributed by atoms with Gasteiger partial charge in [0.05, 0.1) is 0 Å². The zero-order chi connectivity index (χ0) is 13.2. The summed E-state index contributed by atoms with van der Waals surface area (Å²) in [4.78, 5) is 13.5. The Kier molecular flexibility index (Phi) is 6.69. The van der Waals surface area contributed by atoms with E-state index in [0.717, 1.165) is 25.9 Å². The number of rotatable bonds is 7. The van der Waals surface area contributed by atoms with E-state index in [1.165, 1.54) is 5.69 Å². The SMILES string of the molecule is CCCNC(=O)NCCCN(C)c1ccccc1.